The van der Waals surface area contributed by atoms with Crippen LogP contribution in [0, 0.1) is 0 Å². The predicted molar refractivity (Wildman–Crippen MR) is 89.1 cm³/mol. The van der Waals surface area contributed by atoms with Crippen LogP contribution in [0.2, 0.25) is 0 Å². The van der Waals surface area contributed by atoms with Gasteiger partial charge in [-0.05, 0) is 30.5 Å². The number of halogens is 3. The number of carboxylic acid groups (broad SMARTS) is 1. The lowest BCUT2D eigenvalue weighted by atomic mass is 10.0. The topological polar surface area (TPSA) is 40.5 Å². The molecule has 0 radical (unpaired) electrons. The first kappa shape index (κ1) is 19.0. The normalized spacial score (nSPS) is 13.0. The summed E-state index contributed by atoms with van der Waals surface area (Å²) in [5.74, 6) is -0.966. The Labute approximate surface area is 144 Å². The van der Waals surface area contributed by atoms with E-state index in [1.165, 1.54) is 6.07 Å². The van der Waals surface area contributed by atoms with Gasteiger partial charge in [0.2, 0.25) is 0 Å². The monoisotopic (exact) mass is 351 g/mol. The summed E-state index contributed by atoms with van der Waals surface area (Å²) < 4.78 is 38.5. The summed E-state index contributed by atoms with van der Waals surface area (Å²) in [5.41, 5.74) is 0.801. The molecule has 2 aromatic rings. The van der Waals surface area contributed by atoms with Crippen molar-refractivity contribution < 1.29 is 23.1 Å². The molecule has 25 heavy (non-hydrogen) atoms. The van der Waals surface area contributed by atoms with E-state index in [1.807, 2.05) is 37.3 Å². The zero-order valence-corrected chi connectivity index (χ0v) is 13.8. The molecule has 0 bridgehead atoms. The molecule has 0 saturated heterocycles. The van der Waals surface area contributed by atoms with Gasteiger partial charge in [-0.15, -0.1) is 0 Å². The first-order valence-corrected chi connectivity index (χ1v) is 7.91. The van der Waals surface area contributed by atoms with Crippen molar-refractivity contribution in [3.05, 3.63) is 71.3 Å². The molecule has 6 heteroatoms. The summed E-state index contributed by atoms with van der Waals surface area (Å²) in [4.78, 5) is 12.9. The van der Waals surface area contributed by atoms with Gasteiger partial charge in [-0.25, -0.2) is 0 Å². The van der Waals surface area contributed by atoms with E-state index in [-0.39, 0.29) is 12.6 Å². The van der Waals surface area contributed by atoms with Crippen LogP contribution in [0.15, 0.2) is 54.6 Å². The summed E-state index contributed by atoms with van der Waals surface area (Å²) in [5, 5.41) is 9.14. The van der Waals surface area contributed by atoms with E-state index in [0.717, 1.165) is 17.7 Å². The number of carbonyl (C=O) groups is 1. The maximum absolute atomic E-state index is 12.8. The molecular formula is C19H20F3NO2. The minimum Gasteiger partial charge on any atom is -0.480 e. The average molecular weight is 351 g/mol. The van der Waals surface area contributed by atoms with Crippen LogP contribution in [0.3, 0.4) is 0 Å². The summed E-state index contributed by atoms with van der Waals surface area (Å²) in [6, 6.07) is 14.3. The van der Waals surface area contributed by atoms with Gasteiger partial charge in [-0.1, -0.05) is 48.5 Å². The van der Waals surface area contributed by atoms with Crippen LogP contribution in [0.4, 0.5) is 13.2 Å². The van der Waals surface area contributed by atoms with Crippen LogP contribution in [-0.4, -0.2) is 28.6 Å². The van der Waals surface area contributed by atoms with Crippen molar-refractivity contribution in [2.75, 3.05) is 6.54 Å². The van der Waals surface area contributed by atoms with Crippen LogP contribution >= 0.6 is 0 Å². The van der Waals surface area contributed by atoms with Gasteiger partial charge in [0.1, 0.15) is 0 Å². The second-order valence-corrected chi connectivity index (χ2v) is 6.04. The standard InChI is InChI=1S/C19H20F3NO2/c1-14(10-16-8-5-9-17(11-16)19(20,21)22)23(13-18(24)25)12-15-6-3-2-4-7-15/h2-9,11,14H,10,12-13H2,1H3,(H,24,25)/t14-/m0/s1. The Balaban J connectivity index is 2.13. The largest absolute Gasteiger partial charge is 0.480 e. The van der Waals surface area contributed by atoms with Gasteiger partial charge < -0.3 is 5.11 Å². The molecule has 1 N–H and O–H groups in total. The van der Waals surface area contributed by atoms with Crippen molar-refractivity contribution >= 4 is 5.97 Å². The van der Waals surface area contributed by atoms with Gasteiger partial charge in [-0.2, -0.15) is 13.2 Å². The number of alkyl halides is 3. The quantitative estimate of drug-likeness (QED) is 0.812. The number of aliphatic carboxylic acids is 1. The highest BCUT2D eigenvalue weighted by Gasteiger charge is 2.30. The predicted octanol–water partition coefficient (Wildman–Crippen LogP) is 4.22. The zero-order chi connectivity index (χ0) is 18.4. The van der Waals surface area contributed by atoms with E-state index < -0.39 is 17.7 Å². The number of hydrogen-bond donors (Lipinski definition) is 1. The van der Waals surface area contributed by atoms with Gasteiger partial charge >= 0.3 is 12.1 Å². The van der Waals surface area contributed by atoms with E-state index >= 15 is 0 Å². The maximum Gasteiger partial charge on any atom is 0.416 e. The Morgan fingerprint density at radius 2 is 1.72 bits per heavy atom. The van der Waals surface area contributed by atoms with Crippen molar-refractivity contribution in [2.45, 2.75) is 32.1 Å². The zero-order valence-electron chi connectivity index (χ0n) is 13.8. The molecule has 2 aromatic carbocycles. The van der Waals surface area contributed by atoms with Crippen molar-refractivity contribution in [1.82, 2.24) is 4.90 Å². The van der Waals surface area contributed by atoms with Crippen LogP contribution in [-0.2, 0) is 23.9 Å². The highest BCUT2D eigenvalue weighted by atomic mass is 19.4. The molecule has 134 valence electrons. The van der Waals surface area contributed by atoms with E-state index in [1.54, 1.807) is 11.0 Å². The molecule has 0 amide bonds. The van der Waals surface area contributed by atoms with Crippen LogP contribution < -0.4 is 0 Å². The lowest BCUT2D eigenvalue weighted by molar-refractivity contribution is -0.139. The number of hydrogen-bond acceptors (Lipinski definition) is 2. The van der Waals surface area contributed by atoms with Gasteiger partial charge in [0.25, 0.3) is 0 Å². The molecule has 0 fully saturated rings. The fourth-order valence-corrected chi connectivity index (χ4v) is 2.70. The lowest BCUT2D eigenvalue weighted by Crippen LogP contribution is -2.38. The summed E-state index contributed by atoms with van der Waals surface area (Å²) in [6.07, 6.45) is -4.05. The molecule has 0 spiro atoms. The molecule has 1 atom stereocenters. The van der Waals surface area contributed by atoms with Gasteiger partial charge in [0.05, 0.1) is 12.1 Å². The number of benzene rings is 2. The van der Waals surface area contributed by atoms with Gasteiger partial charge in [-0.3, -0.25) is 9.69 Å². The van der Waals surface area contributed by atoms with E-state index in [9.17, 15) is 18.0 Å². The molecule has 0 aromatic heterocycles. The molecule has 0 unspecified atom stereocenters. The van der Waals surface area contributed by atoms with Crippen LogP contribution in [0.5, 0.6) is 0 Å². The number of nitrogens with zero attached hydrogens (tertiary/aromatic N) is 1. The highest BCUT2D eigenvalue weighted by molar-refractivity contribution is 5.69. The maximum atomic E-state index is 12.8. The molecular weight excluding hydrogens is 331 g/mol. The van der Waals surface area contributed by atoms with E-state index in [2.05, 4.69) is 0 Å². The van der Waals surface area contributed by atoms with Crippen molar-refractivity contribution in [1.29, 1.82) is 0 Å². The molecule has 0 heterocycles. The Bertz CT molecular complexity index is 701. The lowest BCUT2D eigenvalue weighted by Gasteiger charge is -2.28. The SMILES string of the molecule is C[C@@H](Cc1cccc(C(F)(F)F)c1)N(CC(=O)O)Cc1ccccc1. The van der Waals surface area contributed by atoms with Crippen molar-refractivity contribution in [3.63, 3.8) is 0 Å². The first-order valence-electron chi connectivity index (χ1n) is 7.91. The van der Waals surface area contributed by atoms with Crippen molar-refractivity contribution in [3.8, 4) is 0 Å². The van der Waals surface area contributed by atoms with Crippen LogP contribution in [0.25, 0.3) is 0 Å². The Kier molecular flexibility index (Phi) is 6.20. The summed E-state index contributed by atoms with van der Waals surface area (Å²) in [7, 11) is 0. The molecule has 0 aliphatic heterocycles. The molecule has 0 aliphatic carbocycles. The first-order chi connectivity index (χ1) is 11.8. The minimum atomic E-state index is -4.38. The highest BCUT2D eigenvalue weighted by Crippen LogP contribution is 2.30. The van der Waals surface area contributed by atoms with Crippen molar-refractivity contribution in [2.24, 2.45) is 0 Å². The molecule has 2 rings (SSSR count). The third-order valence-corrected chi connectivity index (χ3v) is 3.98. The summed E-state index contributed by atoms with van der Waals surface area (Å²) >= 11 is 0. The third-order valence-electron chi connectivity index (χ3n) is 3.98. The fourth-order valence-electron chi connectivity index (χ4n) is 2.70. The number of rotatable bonds is 7. The van der Waals surface area contributed by atoms with E-state index in [4.69, 9.17) is 5.11 Å². The molecule has 3 nitrogen and oxygen atoms in total. The molecule has 0 saturated carbocycles. The Hall–Kier alpha value is -2.34. The second-order valence-electron chi connectivity index (χ2n) is 6.04. The molecule has 0 aliphatic rings. The fraction of sp³-hybridized carbons (Fsp3) is 0.316. The Morgan fingerprint density at radius 1 is 1.08 bits per heavy atom. The Morgan fingerprint density at radius 3 is 2.32 bits per heavy atom. The van der Waals surface area contributed by atoms with E-state index in [0.29, 0.717) is 18.5 Å². The van der Waals surface area contributed by atoms with Crippen LogP contribution in [0.1, 0.15) is 23.6 Å². The van der Waals surface area contributed by atoms with Gasteiger partial charge in [0, 0.05) is 12.6 Å². The number of carboxylic acids is 1. The third kappa shape index (κ3) is 5.90. The second kappa shape index (κ2) is 8.16. The average Bonchev–Trinajstić information content (AvgIpc) is 2.54. The van der Waals surface area contributed by atoms with Gasteiger partial charge in [0.15, 0.2) is 0 Å². The smallest absolute Gasteiger partial charge is 0.416 e. The minimum absolute atomic E-state index is 0.172. The summed E-state index contributed by atoms with van der Waals surface area (Å²) in [6.45, 7) is 2.08.